The number of nitrogens with zero attached hydrogens (tertiary/aromatic N) is 1. The van der Waals surface area contributed by atoms with Crippen molar-refractivity contribution in [1.82, 2.24) is 4.98 Å². The number of nitrogens with one attached hydrogen (secondary N) is 1. The van der Waals surface area contributed by atoms with Gasteiger partial charge in [0.15, 0.2) is 0 Å². The van der Waals surface area contributed by atoms with Gasteiger partial charge in [-0.15, -0.1) is 0 Å². The van der Waals surface area contributed by atoms with E-state index < -0.39 is 0 Å². The van der Waals surface area contributed by atoms with Crippen molar-refractivity contribution in [2.24, 2.45) is 5.73 Å². The molecule has 0 aliphatic heterocycles. The lowest BCUT2D eigenvalue weighted by molar-refractivity contribution is 0.419. The zero-order valence-corrected chi connectivity index (χ0v) is 9.24. The molecule has 0 amide bonds. The van der Waals surface area contributed by atoms with E-state index in [4.69, 9.17) is 15.9 Å². The number of hydrogen-bond donors (Lipinski definition) is 2. The second-order valence-corrected chi connectivity index (χ2v) is 3.61. The van der Waals surface area contributed by atoms with E-state index in [9.17, 15) is 0 Å². The Bertz CT molecular complexity index is 563. The number of methoxy groups -OCH3 is 1. The van der Waals surface area contributed by atoms with E-state index in [1.165, 1.54) is 0 Å². The number of aryl methyl sites for hydroxylation is 1. The Morgan fingerprint density at radius 3 is 2.75 bits per heavy atom. The summed E-state index contributed by atoms with van der Waals surface area (Å²) in [5.41, 5.74) is 7.88. The molecule has 1 aromatic heterocycles. The van der Waals surface area contributed by atoms with E-state index in [0.29, 0.717) is 5.56 Å². The highest BCUT2D eigenvalue weighted by atomic mass is 16.5. The maximum atomic E-state index is 7.40. The first kappa shape index (κ1) is 10.4. The van der Waals surface area contributed by atoms with Crippen LogP contribution in [0.1, 0.15) is 11.3 Å². The lowest BCUT2D eigenvalue weighted by atomic mass is 10.1. The molecule has 0 aliphatic carbocycles. The average Bonchev–Trinajstić information content (AvgIpc) is 2.27. The number of hydrogen-bond acceptors (Lipinski definition) is 3. The van der Waals surface area contributed by atoms with Gasteiger partial charge in [-0.3, -0.25) is 10.4 Å². The molecule has 0 bridgehead atoms. The molecule has 0 atom stereocenters. The topological polar surface area (TPSA) is 72.0 Å². The van der Waals surface area contributed by atoms with Crippen molar-refractivity contribution >= 4 is 16.7 Å². The van der Waals surface area contributed by atoms with Crippen molar-refractivity contribution < 1.29 is 4.74 Å². The molecule has 2 rings (SSSR count). The predicted molar refractivity (Wildman–Crippen MR) is 64.0 cm³/mol. The molecule has 0 saturated carbocycles. The van der Waals surface area contributed by atoms with Gasteiger partial charge in [0.2, 0.25) is 0 Å². The van der Waals surface area contributed by atoms with Gasteiger partial charge in [0.25, 0.3) is 0 Å². The zero-order chi connectivity index (χ0) is 11.7. The molecule has 0 radical (unpaired) electrons. The second kappa shape index (κ2) is 3.81. The molecular formula is C12H13N3O. The third-order valence-corrected chi connectivity index (χ3v) is 2.43. The first-order valence-electron chi connectivity index (χ1n) is 4.91. The maximum Gasteiger partial charge on any atom is 0.130 e. The second-order valence-electron chi connectivity index (χ2n) is 3.61. The van der Waals surface area contributed by atoms with Crippen molar-refractivity contribution in [2.45, 2.75) is 6.92 Å². The Hall–Kier alpha value is -2.10. The highest BCUT2D eigenvalue weighted by Crippen LogP contribution is 2.25. The summed E-state index contributed by atoms with van der Waals surface area (Å²) in [6, 6.07) is 7.33. The molecule has 0 unspecified atom stereocenters. The van der Waals surface area contributed by atoms with Crippen molar-refractivity contribution in [3.8, 4) is 5.75 Å². The lowest BCUT2D eigenvalue weighted by Crippen LogP contribution is -2.10. The summed E-state index contributed by atoms with van der Waals surface area (Å²) in [5, 5.41) is 8.27. The van der Waals surface area contributed by atoms with Crippen LogP contribution >= 0.6 is 0 Å². The van der Waals surface area contributed by atoms with Gasteiger partial charge in [-0.05, 0) is 25.1 Å². The van der Waals surface area contributed by atoms with Gasteiger partial charge in [-0.1, -0.05) is 0 Å². The summed E-state index contributed by atoms with van der Waals surface area (Å²) in [7, 11) is 1.62. The third-order valence-electron chi connectivity index (χ3n) is 2.43. The largest absolute Gasteiger partial charge is 0.496 e. The number of rotatable bonds is 2. The van der Waals surface area contributed by atoms with Crippen LogP contribution in [0, 0.1) is 12.3 Å². The summed E-state index contributed by atoms with van der Waals surface area (Å²) in [6.07, 6.45) is 0. The molecule has 0 saturated heterocycles. The number of fused-ring (bicyclic) bond motifs is 1. The maximum absolute atomic E-state index is 7.40. The molecular weight excluding hydrogens is 202 g/mol. The van der Waals surface area contributed by atoms with Crippen molar-refractivity contribution in [3.63, 3.8) is 0 Å². The number of benzene rings is 1. The van der Waals surface area contributed by atoms with E-state index >= 15 is 0 Å². The minimum Gasteiger partial charge on any atom is -0.496 e. The van der Waals surface area contributed by atoms with Gasteiger partial charge in [-0.25, -0.2) is 0 Å². The van der Waals surface area contributed by atoms with Gasteiger partial charge in [0, 0.05) is 22.7 Å². The van der Waals surface area contributed by atoms with E-state index in [0.717, 1.165) is 22.3 Å². The minimum atomic E-state index is 0.0459. The summed E-state index contributed by atoms with van der Waals surface area (Å²) in [4.78, 5) is 4.39. The fraction of sp³-hybridized carbons (Fsp3) is 0.167. The highest BCUT2D eigenvalue weighted by Gasteiger charge is 2.06. The third kappa shape index (κ3) is 1.69. The van der Waals surface area contributed by atoms with Gasteiger partial charge in [-0.2, -0.15) is 0 Å². The van der Waals surface area contributed by atoms with Gasteiger partial charge in [0.05, 0.1) is 12.6 Å². The SMILES string of the molecule is COc1cc(C)nc2ccc(C(=N)N)cc12. The first-order chi connectivity index (χ1) is 7.61. The van der Waals surface area contributed by atoms with Crippen LogP contribution < -0.4 is 10.5 Å². The van der Waals surface area contributed by atoms with Crippen LogP contribution in [0.25, 0.3) is 10.9 Å². The number of ether oxygens (including phenoxy) is 1. The van der Waals surface area contributed by atoms with Crippen LogP contribution in [-0.2, 0) is 0 Å². The van der Waals surface area contributed by atoms with Crippen LogP contribution in [-0.4, -0.2) is 17.9 Å². The van der Waals surface area contributed by atoms with Crippen LogP contribution in [0.3, 0.4) is 0 Å². The van der Waals surface area contributed by atoms with Crippen LogP contribution in [0.15, 0.2) is 24.3 Å². The van der Waals surface area contributed by atoms with Crippen molar-refractivity contribution in [2.75, 3.05) is 7.11 Å². The normalized spacial score (nSPS) is 10.4. The Balaban J connectivity index is 2.75. The molecule has 0 spiro atoms. The van der Waals surface area contributed by atoms with Gasteiger partial charge >= 0.3 is 0 Å². The van der Waals surface area contributed by atoms with Crippen molar-refractivity contribution in [1.29, 1.82) is 5.41 Å². The summed E-state index contributed by atoms with van der Waals surface area (Å²) >= 11 is 0. The van der Waals surface area contributed by atoms with Crippen molar-refractivity contribution in [3.05, 3.63) is 35.5 Å². The Morgan fingerprint density at radius 2 is 2.12 bits per heavy atom. The molecule has 16 heavy (non-hydrogen) atoms. The smallest absolute Gasteiger partial charge is 0.130 e. The molecule has 82 valence electrons. The first-order valence-corrected chi connectivity index (χ1v) is 4.91. The molecule has 0 aliphatic rings. The van der Waals surface area contributed by atoms with Crippen LogP contribution in [0.4, 0.5) is 0 Å². The van der Waals surface area contributed by atoms with Gasteiger partial charge in [0.1, 0.15) is 11.6 Å². The standard InChI is InChI=1S/C12H13N3O/c1-7-5-11(16-2)9-6-8(12(13)14)3-4-10(9)15-7/h3-6H,1-2H3,(H3,13,14). The Morgan fingerprint density at radius 1 is 1.38 bits per heavy atom. The number of pyridine rings is 1. The fourth-order valence-electron chi connectivity index (χ4n) is 1.66. The summed E-state index contributed by atoms with van der Waals surface area (Å²) in [6.45, 7) is 1.92. The molecule has 0 fully saturated rings. The molecule has 1 heterocycles. The monoisotopic (exact) mass is 215 g/mol. The zero-order valence-electron chi connectivity index (χ0n) is 9.24. The van der Waals surface area contributed by atoms with E-state index in [-0.39, 0.29) is 5.84 Å². The average molecular weight is 215 g/mol. The quantitative estimate of drug-likeness (QED) is 0.593. The minimum absolute atomic E-state index is 0.0459. The fourth-order valence-corrected chi connectivity index (χ4v) is 1.66. The van der Waals surface area contributed by atoms with E-state index in [1.54, 1.807) is 13.2 Å². The molecule has 2 aromatic rings. The molecule has 3 N–H and O–H groups in total. The van der Waals surface area contributed by atoms with Crippen LogP contribution in [0.5, 0.6) is 5.75 Å². The number of nitrogen functional groups attached to an aromatic ring is 1. The van der Waals surface area contributed by atoms with E-state index in [1.807, 2.05) is 25.1 Å². The summed E-state index contributed by atoms with van der Waals surface area (Å²) in [5.74, 6) is 0.801. The van der Waals surface area contributed by atoms with Gasteiger partial charge < -0.3 is 10.5 Å². The van der Waals surface area contributed by atoms with Crippen LogP contribution in [0.2, 0.25) is 0 Å². The Labute approximate surface area is 93.6 Å². The highest BCUT2D eigenvalue weighted by molar-refractivity contribution is 5.99. The lowest BCUT2D eigenvalue weighted by Gasteiger charge is -2.07. The Kier molecular flexibility index (Phi) is 2.48. The number of amidine groups is 1. The number of aromatic nitrogens is 1. The summed E-state index contributed by atoms with van der Waals surface area (Å²) < 4.78 is 5.29. The number of nitrogens with two attached hydrogens (primary N) is 1. The molecule has 1 aromatic carbocycles. The molecule has 4 heteroatoms. The molecule has 4 nitrogen and oxygen atoms in total. The predicted octanol–water partition coefficient (Wildman–Crippen LogP) is 1.84. The van der Waals surface area contributed by atoms with E-state index in [2.05, 4.69) is 4.98 Å².